The molecule has 0 amide bonds. The summed E-state index contributed by atoms with van der Waals surface area (Å²) in [4.78, 5) is 9.01. The molecule has 3 rings (SSSR count). The van der Waals surface area contributed by atoms with Crippen molar-refractivity contribution >= 4 is 22.6 Å². The molecule has 0 radical (unpaired) electrons. The Morgan fingerprint density at radius 2 is 2.05 bits per heavy atom. The fraction of sp³-hybridized carbons (Fsp3) is 0.200. The summed E-state index contributed by atoms with van der Waals surface area (Å²) in [5, 5.41) is 3.92. The highest BCUT2D eigenvalue weighted by atomic mass is 35.5. The number of nitrogens with zero attached hydrogens (tertiary/aromatic N) is 3. The normalized spacial score (nSPS) is 11.1. The molecule has 1 aromatic carbocycles. The number of imidazole rings is 1. The third kappa shape index (κ3) is 2.40. The number of rotatable bonds is 4. The minimum atomic E-state index is 0.663. The van der Waals surface area contributed by atoms with Crippen molar-refractivity contribution in [3.63, 3.8) is 0 Å². The molecule has 0 aliphatic rings. The highest BCUT2D eigenvalue weighted by Crippen LogP contribution is 2.20. The molecule has 5 heteroatoms. The number of benzene rings is 1. The maximum atomic E-state index is 6.18. The van der Waals surface area contributed by atoms with Crippen LogP contribution in [0.2, 0.25) is 5.02 Å². The molecule has 102 valence electrons. The number of hydrogen-bond acceptors (Lipinski definition) is 3. The second-order valence-corrected chi connectivity index (χ2v) is 4.89. The van der Waals surface area contributed by atoms with Crippen molar-refractivity contribution in [3.05, 3.63) is 53.4 Å². The fourth-order valence-electron chi connectivity index (χ4n) is 2.12. The van der Waals surface area contributed by atoms with Gasteiger partial charge in [-0.1, -0.05) is 30.7 Å². The Hall–Kier alpha value is -1.91. The summed E-state index contributed by atoms with van der Waals surface area (Å²) in [6, 6.07) is 11.8. The molecular weight excluding hydrogens is 272 g/mol. The molecule has 0 bridgehead atoms. The minimum absolute atomic E-state index is 0.663. The van der Waals surface area contributed by atoms with E-state index in [0.717, 1.165) is 29.1 Å². The summed E-state index contributed by atoms with van der Waals surface area (Å²) in [6.45, 7) is 3.60. The first-order valence-electron chi connectivity index (χ1n) is 6.58. The summed E-state index contributed by atoms with van der Waals surface area (Å²) in [6.07, 6.45) is 1.79. The van der Waals surface area contributed by atoms with Crippen molar-refractivity contribution in [1.29, 1.82) is 0 Å². The van der Waals surface area contributed by atoms with E-state index in [9.17, 15) is 0 Å². The Balaban J connectivity index is 2.05. The van der Waals surface area contributed by atoms with Gasteiger partial charge in [-0.25, -0.2) is 9.97 Å². The highest BCUT2D eigenvalue weighted by Gasteiger charge is 2.08. The van der Waals surface area contributed by atoms with E-state index in [1.807, 2.05) is 41.0 Å². The average Bonchev–Trinajstić information content (AvgIpc) is 2.90. The van der Waals surface area contributed by atoms with Crippen molar-refractivity contribution in [1.82, 2.24) is 19.9 Å². The number of pyridine rings is 1. The molecule has 0 saturated heterocycles. The summed E-state index contributed by atoms with van der Waals surface area (Å²) < 4.78 is 1.97. The van der Waals surface area contributed by atoms with E-state index in [2.05, 4.69) is 22.2 Å². The van der Waals surface area contributed by atoms with Crippen LogP contribution >= 0.6 is 11.6 Å². The molecule has 0 spiro atoms. The molecule has 0 saturated carbocycles. The monoisotopic (exact) mass is 286 g/mol. The molecule has 0 aliphatic heterocycles. The summed E-state index contributed by atoms with van der Waals surface area (Å²) in [7, 11) is 0. The third-order valence-corrected chi connectivity index (χ3v) is 3.49. The van der Waals surface area contributed by atoms with Gasteiger partial charge in [-0.2, -0.15) is 0 Å². The van der Waals surface area contributed by atoms with Crippen LogP contribution in [0.25, 0.3) is 16.9 Å². The highest BCUT2D eigenvalue weighted by molar-refractivity contribution is 6.31. The van der Waals surface area contributed by atoms with E-state index < -0.39 is 0 Å². The lowest BCUT2D eigenvalue weighted by Gasteiger charge is -2.08. The summed E-state index contributed by atoms with van der Waals surface area (Å²) in [5.41, 5.74) is 2.85. The molecule has 0 atom stereocenters. The van der Waals surface area contributed by atoms with E-state index in [4.69, 9.17) is 11.6 Å². The molecule has 2 aromatic heterocycles. The van der Waals surface area contributed by atoms with E-state index in [-0.39, 0.29) is 0 Å². The zero-order chi connectivity index (χ0) is 13.9. The van der Waals surface area contributed by atoms with Crippen LogP contribution in [0, 0.1) is 0 Å². The van der Waals surface area contributed by atoms with Crippen molar-refractivity contribution in [2.75, 3.05) is 6.54 Å². The predicted octanol–water partition coefficient (Wildman–Crippen LogP) is 3.18. The fourth-order valence-corrected chi connectivity index (χ4v) is 2.29. The van der Waals surface area contributed by atoms with Crippen LogP contribution < -0.4 is 5.32 Å². The van der Waals surface area contributed by atoms with Crippen molar-refractivity contribution < 1.29 is 0 Å². The molecule has 4 nitrogen and oxygen atoms in total. The van der Waals surface area contributed by atoms with Crippen LogP contribution in [-0.4, -0.2) is 21.1 Å². The smallest absolute Gasteiger partial charge is 0.138 e. The topological polar surface area (TPSA) is 42.7 Å². The van der Waals surface area contributed by atoms with Crippen LogP contribution in [-0.2, 0) is 6.54 Å². The molecule has 20 heavy (non-hydrogen) atoms. The molecular formula is C15H15ClN4. The zero-order valence-electron chi connectivity index (χ0n) is 11.2. The van der Waals surface area contributed by atoms with Gasteiger partial charge < -0.3 is 5.32 Å². The summed E-state index contributed by atoms with van der Waals surface area (Å²) in [5.74, 6) is 0.830. The lowest BCUT2D eigenvalue weighted by Crippen LogP contribution is -2.14. The average molecular weight is 287 g/mol. The molecule has 0 aliphatic carbocycles. The Labute approximate surface area is 122 Å². The van der Waals surface area contributed by atoms with Crippen LogP contribution in [0.1, 0.15) is 12.6 Å². The maximum Gasteiger partial charge on any atom is 0.138 e. The van der Waals surface area contributed by atoms with Gasteiger partial charge >= 0.3 is 0 Å². The first kappa shape index (κ1) is 13.1. The van der Waals surface area contributed by atoms with Crippen molar-refractivity contribution in [3.8, 4) is 5.82 Å². The molecule has 2 heterocycles. The number of aromatic nitrogens is 3. The van der Waals surface area contributed by atoms with Crippen molar-refractivity contribution in [2.45, 2.75) is 13.5 Å². The number of nitrogens with one attached hydrogen (secondary N) is 1. The van der Waals surface area contributed by atoms with E-state index in [1.54, 1.807) is 6.33 Å². The minimum Gasteiger partial charge on any atom is -0.311 e. The largest absolute Gasteiger partial charge is 0.311 e. The lowest BCUT2D eigenvalue weighted by atomic mass is 10.3. The van der Waals surface area contributed by atoms with Gasteiger partial charge in [-0.05, 0) is 30.8 Å². The van der Waals surface area contributed by atoms with E-state index >= 15 is 0 Å². The second-order valence-electron chi connectivity index (χ2n) is 4.48. The van der Waals surface area contributed by atoms with Gasteiger partial charge in [0.25, 0.3) is 0 Å². The van der Waals surface area contributed by atoms with Crippen LogP contribution in [0.4, 0.5) is 0 Å². The number of halogens is 1. The van der Waals surface area contributed by atoms with Crippen LogP contribution in [0.3, 0.4) is 0 Å². The molecule has 0 fully saturated rings. The second kappa shape index (κ2) is 5.61. The van der Waals surface area contributed by atoms with Gasteiger partial charge in [0, 0.05) is 6.54 Å². The predicted molar refractivity (Wildman–Crippen MR) is 81.3 cm³/mol. The Morgan fingerprint density at radius 3 is 2.90 bits per heavy atom. The Bertz CT molecular complexity index is 736. The van der Waals surface area contributed by atoms with Crippen LogP contribution in [0.5, 0.6) is 0 Å². The Kier molecular flexibility index (Phi) is 3.67. The third-order valence-electron chi connectivity index (χ3n) is 3.15. The summed E-state index contributed by atoms with van der Waals surface area (Å²) >= 11 is 6.18. The first-order chi connectivity index (χ1) is 9.79. The van der Waals surface area contributed by atoms with Crippen LogP contribution in [0.15, 0.2) is 42.7 Å². The molecule has 1 N–H and O–H groups in total. The van der Waals surface area contributed by atoms with Gasteiger partial charge in [0.2, 0.25) is 0 Å². The number of para-hydroxylation sites is 2. The SMILES string of the molecule is CCNCc1nc(-n2cnc3ccccc32)ccc1Cl. The number of fused-ring (bicyclic) bond motifs is 1. The molecule has 3 aromatic rings. The number of hydrogen-bond donors (Lipinski definition) is 1. The standard InChI is InChI=1S/C15H15ClN4/c1-2-17-9-13-11(16)7-8-15(19-13)20-10-18-12-5-3-4-6-14(12)20/h3-8,10,17H,2,9H2,1H3. The zero-order valence-corrected chi connectivity index (χ0v) is 11.9. The van der Waals surface area contributed by atoms with E-state index in [1.165, 1.54) is 0 Å². The van der Waals surface area contributed by atoms with Gasteiger partial charge in [-0.15, -0.1) is 0 Å². The quantitative estimate of drug-likeness (QED) is 0.801. The Morgan fingerprint density at radius 1 is 1.20 bits per heavy atom. The first-order valence-corrected chi connectivity index (χ1v) is 6.96. The van der Waals surface area contributed by atoms with Gasteiger partial charge in [0.1, 0.15) is 12.1 Å². The molecule has 0 unspecified atom stereocenters. The van der Waals surface area contributed by atoms with E-state index in [0.29, 0.717) is 11.6 Å². The lowest BCUT2D eigenvalue weighted by molar-refractivity contribution is 0.708. The van der Waals surface area contributed by atoms with Gasteiger partial charge in [-0.3, -0.25) is 4.57 Å². The van der Waals surface area contributed by atoms with Gasteiger partial charge in [0.15, 0.2) is 0 Å². The van der Waals surface area contributed by atoms with Gasteiger partial charge in [0.05, 0.1) is 21.7 Å². The maximum absolute atomic E-state index is 6.18. The van der Waals surface area contributed by atoms with Crippen molar-refractivity contribution in [2.24, 2.45) is 0 Å².